The molecule has 0 spiro atoms. The molecule has 1 aliphatic heterocycles. The van der Waals surface area contributed by atoms with Gasteiger partial charge >= 0.3 is 6.18 Å². The maximum absolute atomic E-state index is 13.2. The van der Waals surface area contributed by atoms with Crippen molar-refractivity contribution in [2.24, 2.45) is 0 Å². The number of rotatable bonds is 3. The molecule has 0 saturated heterocycles. The van der Waals surface area contributed by atoms with Crippen LogP contribution >= 0.6 is 0 Å². The minimum Gasteiger partial charge on any atom is -0.322 e. The quantitative estimate of drug-likeness (QED) is 0.599. The molecule has 1 amide bonds. The number of carbonyl (C=O) groups excluding carboxylic acids is 1. The summed E-state index contributed by atoms with van der Waals surface area (Å²) in [5.74, 6) is -0.592. The van der Waals surface area contributed by atoms with Crippen molar-refractivity contribution in [1.82, 2.24) is 19.3 Å². The number of aryl methyl sites for hydroxylation is 1. The van der Waals surface area contributed by atoms with E-state index in [1.165, 1.54) is 23.6 Å². The normalized spacial score (nSPS) is 15.2. The fourth-order valence-corrected chi connectivity index (χ4v) is 3.74. The van der Waals surface area contributed by atoms with Crippen molar-refractivity contribution in [3.63, 3.8) is 0 Å². The summed E-state index contributed by atoms with van der Waals surface area (Å²) in [5, 5.41) is 4.35. The van der Waals surface area contributed by atoms with Crippen molar-refractivity contribution >= 4 is 11.6 Å². The summed E-state index contributed by atoms with van der Waals surface area (Å²) < 4.78 is 55.1. The number of anilines is 1. The van der Waals surface area contributed by atoms with Crippen molar-refractivity contribution in [2.75, 3.05) is 11.4 Å². The van der Waals surface area contributed by atoms with Gasteiger partial charge in [0, 0.05) is 12.7 Å². The van der Waals surface area contributed by atoms with E-state index in [9.17, 15) is 22.4 Å². The number of carbonyl (C=O) groups is 1. The Morgan fingerprint density at radius 2 is 1.90 bits per heavy atom. The van der Waals surface area contributed by atoms with Crippen LogP contribution in [0.4, 0.5) is 23.2 Å². The number of nitrogens with zero attached hydrogens (tertiary/aromatic N) is 5. The predicted octanol–water partition coefficient (Wildman–Crippen LogP) is 4.08. The van der Waals surface area contributed by atoms with Crippen molar-refractivity contribution in [2.45, 2.75) is 38.9 Å². The van der Waals surface area contributed by atoms with E-state index in [0.29, 0.717) is 30.8 Å². The maximum Gasteiger partial charge on any atom is 0.434 e. The summed E-state index contributed by atoms with van der Waals surface area (Å²) in [6.07, 6.45) is -0.801. The molecule has 2 aromatic heterocycles. The van der Waals surface area contributed by atoms with E-state index in [4.69, 9.17) is 0 Å². The molecule has 0 fully saturated rings. The molecule has 1 aliphatic rings. The standard InChI is InChI=1S/C20H19F4N5O/c1-12(28-11-18(20(22,23)24)26-13(28)2)19(30)27-9-3-4-16-17(27)10-25-29(16)15-7-5-14(21)6-8-15/h5-8,10-12H,3-4,9H2,1-2H3/t12-/m0/s1. The Kier molecular flexibility index (Phi) is 4.87. The van der Waals surface area contributed by atoms with Gasteiger partial charge in [0.1, 0.15) is 17.7 Å². The highest BCUT2D eigenvalue weighted by atomic mass is 19.4. The Morgan fingerprint density at radius 1 is 1.20 bits per heavy atom. The van der Waals surface area contributed by atoms with Crippen LogP contribution < -0.4 is 4.90 Å². The monoisotopic (exact) mass is 421 g/mol. The molecular weight excluding hydrogens is 402 g/mol. The molecule has 4 rings (SSSR count). The molecule has 1 atom stereocenters. The summed E-state index contributed by atoms with van der Waals surface area (Å²) in [7, 11) is 0. The molecule has 0 saturated carbocycles. The topological polar surface area (TPSA) is 56.0 Å². The van der Waals surface area contributed by atoms with Crippen LogP contribution in [-0.2, 0) is 17.4 Å². The van der Waals surface area contributed by atoms with Crippen LogP contribution in [0.5, 0.6) is 0 Å². The van der Waals surface area contributed by atoms with Crippen molar-refractivity contribution in [3.05, 3.63) is 59.7 Å². The van der Waals surface area contributed by atoms with Gasteiger partial charge in [-0.2, -0.15) is 18.3 Å². The van der Waals surface area contributed by atoms with E-state index in [1.54, 1.807) is 34.8 Å². The fraction of sp³-hybridized carbons (Fsp3) is 0.350. The zero-order chi connectivity index (χ0) is 21.6. The molecule has 3 heterocycles. The summed E-state index contributed by atoms with van der Waals surface area (Å²) in [5.41, 5.74) is 1.05. The van der Waals surface area contributed by atoms with Gasteiger partial charge in [0.05, 0.1) is 23.3 Å². The number of aromatic nitrogens is 4. The van der Waals surface area contributed by atoms with E-state index in [0.717, 1.165) is 11.9 Å². The first-order valence-electron chi connectivity index (χ1n) is 9.43. The lowest BCUT2D eigenvalue weighted by Gasteiger charge is -2.30. The summed E-state index contributed by atoms with van der Waals surface area (Å²) in [6, 6.07) is 4.99. The molecule has 10 heteroatoms. The molecule has 158 valence electrons. The second-order valence-corrected chi connectivity index (χ2v) is 7.21. The van der Waals surface area contributed by atoms with E-state index in [2.05, 4.69) is 10.1 Å². The van der Waals surface area contributed by atoms with Crippen LogP contribution in [0.1, 0.15) is 36.6 Å². The third-order valence-corrected chi connectivity index (χ3v) is 5.25. The van der Waals surface area contributed by atoms with Crippen LogP contribution in [0.2, 0.25) is 0 Å². The zero-order valence-corrected chi connectivity index (χ0v) is 16.3. The molecule has 30 heavy (non-hydrogen) atoms. The Balaban J connectivity index is 1.64. The smallest absolute Gasteiger partial charge is 0.322 e. The van der Waals surface area contributed by atoms with Crippen LogP contribution in [0.25, 0.3) is 5.69 Å². The van der Waals surface area contributed by atoms with Gasteiger partial charge in [-0.1, -0.05) is 0 Å². The minimum absolute atomic E-state index is 0.113. The first-order valence-corrected chi connectivity index (χ1v) is 9.43. The second-order valence-electron chi connectivity index (χ2n) is 7.21. The SMILES string of the molecule is Cc1nc(C(F)(F)F)cn1[C@@H](C)C(=O)N1CCCc2c1cnn2-c1ccc(F)cc1. The summed E-state index contributed by atoms with van der Waals surface area (Å²) in [6.45, 7) is 3.42. The van der Waals surface area contributed by atoms with Gasteiger partial charge in [-0.15, -0.1) is 0 Å². The third-order valence-electron chi connectivity index (χ3n) is 5.25. The highest BCUT2D eigenvalue weighted by Gasteiger charge is 2.36. The Bertz CT molecular complexity index is 1080. The van der Waals surface area contributed by atoms with Gasteiger partial charge in [0.15, 0.2) is 5.69 Å². The molecule has 0 aliphatic carbocycles. The van der Waals surface area contributed by atoms with E-state index >= 15 is 0 Å². The molecule has 0 radical (unpaired) electrons. The molecule has 0 N–H and O–H groups in total. The number of hydrogen-bond donors (Lipinski definition) is 0. The van der Waals surface area contributed by atoms with Crippen LogP contribution in [-0.4, -0.2) is 31.8 Å². The van der Waals surface area contributed by atoms with Crippen LogP contribution in [0.3, 0.4) is 0 Å². The van der Waals surface area contributed by atoms with Crippen molar-refractivity contribution in [1.29, 1.82) is 0 Å². The Morgan fingerprint density at radius 3 is 2.53 bits per heavy atom. The fourth-order valence-electron chi connectivity index (χ4n) is 3.74. The Hall–Kier alpha value is -3.17. The molecular formula is C20H19F4N5O. The number of fused-ring (bicyclic) bond motifs is 1. The van der Waals surface area contributed by atoms with Gasteiger partial charge in [-0.25, -0.2) is 14.1 Å². The second kappa shape index (κ2) is 7.26. The molecule has 1 aromatic carbocycles. The lowest BCUT2D eigenvalue weighted by molar-refractivity contribution is -0.141. The Labute approximate surface area is 169 Å². The summed E-state index contributed by atoms with van der Waals surface area (Å²) in [4.78, 5) is 18.3. The number of halogens is 4. The first-order chi connectivity index (χ1) is 14.2. The molecule has 0 unspecified atom stereocenters. The highest BCUT2D eigenvalue weighted by Crippen LogP contribution is 2.32. The third kappa shape index (κ3) is 3.46. The number of hydrogen-bond acceptors (Lipinski definition) is 3. The van der Waals surface area contributed by atoms with Crippen molar-refractivity contribution < 1.29 is 22.4 Å². The van der Waals surface area contributed by atoms with Gasteiger partial charge < -0.3 is 9.47 Å². The first kappa shape index (κ1) is 20.1. The van der Waals surface area contributed by atoms with E-state index in [-0.39, 0.29) is 17.5 Å². The van der Waals surface area contributed by atoms with Gasteiger partial charge in [0.25, 0.3) is 0 Å². The van der Waals surface area contributed by atoms with E-state index in [1.807, 2.05) is 0 Å². The van der Waals surface area contributed by atoms with Crippen molar-refractivity contribution in [3.8, 4) is 5.69 Å². The average Bonchev–Trinajstić information content (AvgIpc) is 3.31. The lowest BCUT2D eigenvalue weighted by atomic mass is 10.1. The van der Waals surface area contributed by atoms with Gasteiger partial charge in [-0.3, -0.25) is 4.79 Å². The average molecular weight is 421 g/mol. The number of amides is 1. The molecule has 3 aromatic rings. The number of benzene rings is 1. The molecule has 0 bridgehead atoms. The number of imidazole rings is 1. The van der Waals surface area contributed by atoms with E-state index < -0.39 is 17.9 Å². The lowest BCUT2D eigenvalue weighted by Crippen LogP contribution is -2.39. The maximum atomic E-state index is 13.2. The highest BCUT2D eigenvalue weighted by molar-refractivity contribution is 5.96. The summed E-state index contributed by atoms with van der Waals surface area (Å²) >= 11 is 0. The van der Waals surface area contributed by atoms with Crippen LogP contribution in [0, 0.1) is 12.7 Å². The van der Waals surface area contributed by atoms with Crippen LogP contribution in [0.15, 0.2) is 36.7 Å². The largest absolute Gasteiger partial charge is 0.434 e. The predicted molar refractivity (Wildman–Crippen MR) is 101 cm³/mol. The van der Waals surface area contributed by atoms with Gasteiger partial charge in [0.2, 0.25) is 5.91 Å². The van der Waals surface area contributed by atoms with Gasteiger partial charge in [-0.05, 0) is 51.0 Å². The zero-order valence-electron chi connectivity index (χ0n) is 16.3. The number of alkyl halides is 3. The molecule has 6 nitrogen and oxygen atoms in total. The minimum atomic E-state index is -4.58.